The average Bonchev–Trinajstić information content (AvgIpc) is 2.90. The molecule has 22 heavy (non-hydrogen) atoms. The molecule has 0 radical (unpaired) electrons. The van der Waals surface area contributed by atoms with Crippen LogP contribution in [0.4, 0.5) is 0 Å². The van der Waals surface area contributed by atoms with Crippen molar-refractivity contribution in [1.29, 1.82) is 0 Å². The third-order valence-electron chi connectivity index (χ3n) is 3.54. The second kappa shape index (κ2) is 5.14. The van der Waals surface area contributed by atoms with Gasteiger partial charge in [0.15, 0.2) is 11.3 Å². The molecule has 112 valence electrons. The number of amides is 1. The van der Waals surface area contributed by atoms with Gasteiger partial charge in [0.1, 0.15) is 6.04 Å². The van der Waals surface area contributed by atoms with E-state index in [-0.39, 0.29) is 5.69 Å². The Balaban J connectivity index is 2.07. The number of hydrogen-bond acceptors (Lipinski definition) is 4. The maximum atomic E-state index is 12.1. The number of nitrogens with one attached hydrogen (secondary N) is 1. The molecule has 2 aromatic carbocycles. The van der Waals surface area contributed by atoms with Crippen LogP contribution in [0.25, 0.3) is 21.7 Å². The quantitative estimate of drug-likeness (QED) is 0.775. The molecular formula is C16H14N2O4. The number of aryl methyl sites for hydroxylation is 1. The summed E-state index contributed by atoms with van der Waals surface area (Å²) in [5.41, 5.74) is 1.73. The zero-order valence-electron chi connectivity index (χ0n) is 12.1. The van der Waals surface area contributed by atoms with E-state index in [1.54, 1.807) is 6.07 Å². The Labute approximate surface area is 125 Å². The molecule has 0 saturated heterocycles. The zero-order chi connectivity index (χ0) is 15.9. The van der Waals surface area contributed by atoms with E-state index >= 15 is 0 Å². The first-order valence-electron chi connectivity index (χ1n) is 6.80. The molecule has 0 bridgehead atoms. The van der Waals surface area contributed by atoms with Gasteiger partial charge in [-0.05, 0) is 25.3 Å². The number of carbonyl (C=O) groups is 2. The first kappa shape index (κ1) is 14.1. The second-order valence-electron chi connectivity index (χ2n) is 5.23. The lowest BCUT2D eigenvalue weighted by atomic mass is 10.0. The van der Waals surface area contributed by atoms with E-state index in [4.69, 9.17) is 9.63 Å². The number of benzene rings is 2. The van der Waals surface area contributed by atoms with Gasteiger partial charge in [0.05, 0.1) is 5.39 Å². The summed E-state index contributed by atoms with van der Waals surface area (Å²) in [7, 11) is 0. The van der Waals surface area contributed by atoms with Crippen molar-refractivity contribution in [3.8, 4) is 0 Å². The van der Waals surface area contributed by atoms with Gasteiger partial charge in [0, 0.05) is 5.39 Å². The highest BCUT2D eigenvalue weighted by atomic mass is 16.5. The third kappa shape index (κ3) is 2.28. The molecule has 0 fully saturated rings. The Kier molecular flexibility index (Phi) is 3.29. The van der Waals surface area contributed by atoms with Gasteiger partial charge in [-0.1, -0.05) is 35.0 Å². The zero-order valence-corrected chi connectivity index (χ0v) is 12.1. The van der Waals surface area contributed by atoms with Crippen LogP contribution >= 0.6 is 0 Å². The second-order valence-corrected chi connectivity index (χ2v) is 5.23. The number of carbonyl (C=O) groups excluding carboxylic acids is 1. The number of aromatic nitrogens is 1. The number of carboxylic acid groups (broad SMARTS) is 1. The molecule has 6 nitrogen and oxygen atoms in total. The Morgan fingerprint density at radius 3 is 2.68 bits per heavy atom. The van der Waals surface area contributed by atoms with Crippen LogP contribution in [0.5, 0.6) is 0 Å². The highest BCUT2D eigenvalue weighted by Crippen LogP contribution is 2.28. The largest absolute Gasteiger partial charge is 0.480 e. The van der Waals surface area contributed by atoms with Crippen LogP contribution < -0.4 is 5.32 Å². The van der Waals surface area contributed by atoms with Crippen LogP contribution in [0.1, 0.15) is 23.0 Å². The van der Waals surface area contributed by atoms with Crippen molar-refractivity contribution >= 4 is 33.6 Å². The van der Waals surface area contributed by atoms with Crippen LogP contribution in [0.15, 0.2) is 34.9 Å². The molecule has 0 unspecified atom stereocenters. The molecule has 3 aromatic rings. The van der Waals surface area contributed by atoms with Gasteiger partial charge in [0.25, 0.3) is 5.91 Å². The van der Waals surface area contributed by atoms with Gasteiger partial charge in [-0.15, -0.1) is 0 Å². The van der Waals surface area contributed by atoms with Crippen molar-refractivity contribution in [2.45, 2.75) is 19.9 Å². The summed E-state index contributed by atoms with van der Waals surface area (Å²) in [5.74, 6) is -1.68. The lowest BCUT2D eigenvalue weighted by Crippen LogP contribution is -2.38. The number of aliphatic carboxylic acids is 1. The minimum absolute atomic E-state index is 0.0885. The van der Waals surface area contributed by atoms with E-state index in [2.05, 4.69) is 10.5 Å². The SMILES string of the molecule is Cc1ccc2c(ccc3c(C(=O)N[C@H](C)C(=O)O)noc32)c1. The summed E-state index contributed by atoms with van der Waals surface area (Å²) >= 11 is 0. The monoisotopic (exact) mass is 298 g/mol. The van der Waals surface area contributed by atoms with Gasteiger partial charge >= 0.3 is 5.97 Å². The Morgan fingerprint density at radius 1 is 1.23 bits per heavy atom. The maximum absolute atomic E-state index is 12.1. The van der Waals surface area contributed by atoms with Gasteiger partial charge in [-0.3, -0.25) is 9.59 Å². The number of hydrogen-bond donors (Lipinski definition) is 2. The molecule has 1 aromatic heterocycles. The molecule has 1 heterocycles. The smallest absolute Gasteiger partial charge is 0.325 e. The fraction of sp³-hybridized carbons (Fsp3) is 0.188. The summed E-state index contributed by atoms with van der Waals surface area (Å²) in [5, 5.41) is 17.4. The number of rotatable bonds is 3. The summed E-state index contributed by atoms with van der Waals surface area (Å²) < 4.78 is 5.31. The van der Waals surface area contributed by atoms with E-state index < -0.39 is 17.9 Å². The molecule has 6 heteroatoms. The third-order valence-corrected chi connectivity index (χ3v) is 3.54. The number of carboxylic acids is 1. The van der Waals surface area contributed by atoms with Crippen LogP contribution in [0, 0.1) is 6.92 Å². The molecule has 1 atom stereocenters. The van der Waals surface area contributed by atoms with E-state index in [1.165, 1.54) is 6.92 Å². The highest BCUT2D eigenvalue weighted by Gasteiger charge is 2.21. The molecule has 3 rings (SSSR count). The fourth-order valence-corrected chi connectivity index (χ4v) is 2.34. The van der Waals surface area contributed by atoms with Gasteiger partial charge < -0.3 is 14.9 Å². The summed E-state index contributed by atoms with van der Waals surface area (Å²) in [6.07, 6.45) is 0. The van der Waals surface area contributed by atoms with Crippen LogP contribution in [0.3, 0.4) is 0 Å². The van der Waals surface area contributed by atoms with Crippen molar-refractivity contribution < 1.29 is 19.2 Å². The molecule has 0 spiro atoms. The van der Waals surface area contributed by atoms with Crippen molar-refractivity contribution in [1.82, 2.24) is 10.5 Å². The molecule has 1 amide bonds. The molecule has 0 saturated carbocycles. The minimum Gasteiger partial charge on any atom is -0.480 e. The van der Waals surface area contributed by atoms with E-state index in [0.717, 1.165) is 16.3 Å². The van der Waals surface area contributed by atoms with Crippen molar-refractivity contribution in [3.05, 3.63) is 41.6 Å². The Morgan fingerprint density at radius 2 is 1.95 bits per heavy atom. The number of nitrogens with zero attached hydrogens (tertiary/aromatic N) is 1. The van der Waals surface area contributed by atoms with Gasteiger partial charge in [0.2, 0.25) is 0 Å². The minimum atomic E-state index is -1.11. The lowest BCUT2D eigenvalue weighted by molar-refractivity contribution is -0.138. The van der Waals surface area contributed by atoms with E-state index in [0.29, 0.717) is 11.0 Å². The Hall–Kier alpha value is -2.89. The molecule has 0 aliphatic rings. The average molecular weight is 298 g/mol. The summed E-state index contributed by atoms with van der Waals surface area (Å²) in [6, 6.07) is 8.54. The predicted octanol–water partition coefficient (Wildman–Crippen LogP) is 2.49. The van der Waals surface area contributed by atoms with Gasteiger partial charge in [-0.25, -0.2) is 0 Å². The maximum Gasteiger partial charge on any atom is 0.325 e. The Bertz CT molecular complexity index is 898. The van der Waals surface area contributed by atoms with Crippen LogP contribution in [0.2, 0.25) is 0 Å². The van der Waals surface area contributed by atoms with Gasteiger partial charge in [-0.2, -0.15) is 0 Å². The molecule has 0 aliphatic carbocycles. The first-order chi connectivity index (χ1) is 10.5. The molecular weight excluding hydrogens is 284 g/mol. The van der Waals surface area contributed by atoms with E-state index in [1.807, 2.05) is 31.2 Å². The normalized spacial score (nSPS) is 12.5. The standard InChI is InChI=1S/C16H14N2O4/c1-8-3-5-11-10(7-8)4-6-12-13(18-22-14(11)12)15(19)17-9(2)16(20)21/h3-7,9H,1-2H3,(H,17,19)(H,20,21)/t9-/m1/s1. The lowest BCUT2D eigenvalue weighted by Gasteiger charge is -2.07. The van der Waals surface area contributed by atoms with Crippen molar-refractivity contribution in [2.24, 2.45) is 0 Å². The summed E-state index contributed by atoms with van der Waals surface area (Å²) in [6.45, 7) is 3.39. The first-order valence-corrected chi connectivity index (χ1v) is 6.80. The van der Waals surface area contributed by atoms with E-state index in [9.17, 15) is 9.59 Å². The highest BCUT2D eigenvalue weighted by molar-refractivity contribution is 6.12. The predicted molar refractivity (Wildman–Crippen MR) is 80.8 cm³/mol. The number of fused-ring (bicyclic) bond motifs is 3. The molecule has 0 aliphatic heterocycles. The van der Waals surface area contributed by atoms with Crippen molar-refractivity contribution in [2.75, 3.05) is 0 Å². The fourth-order valence-electron chi connectivity index (χ4n) is 2.34. The van der Waals surface area contributed by atoms with Crippen LogP contribution in [-0.2, 0) is 4.79 Å². The van der Waals surface area contributed by atoms with Crippen molar-refractivity contribution in [3.63, 3.8) is 0 Å². The molecule has 2 N–H and O–H groups in total. The van der Waals surface area contributed by atoms with Crippen LogP contribution in [-0.4, -0.2) is 28.2 Å². The summed E-state index contributed by atoms with van der Waals surface area (Å²) in [4.78, 5) is 22.9. The topological polar surface area (TPSA) is 92.4 Å².